The lowest BCUT2D eigenvalue weighted by Gasteiger charge is -2.15. The van der Waals surface area contributed by atoms with E-state index in [0.717, 1.165) is 0 Å². The average molecular weight is 180 g/mol. The predicted octanol–water partition coefficient (Wildman–Crippen LogP) is 4.01. The molecule has 0 aliphatic heterocycles. The fraction of sp³-hybridized carbons (Fsp3) is 0.455. The van der Waals surface area contributed by atoms with E-state index < -0.39 is 8.07 Å². The van der Waals surface area contributed by atoms with Crippen molar-refractivity contribution in [3.8, 4) is 0 Å². The molecule has 0 aromatic heterocycles. The van der Waals surface area contributed by atoms with Crippen molar-refractivity contribution in [3.05, 3.63) is 36.5 Å². The molecule has 0 radical (unpaired) electrons. The standard InChI is InChI=1S/C11H20Si/c1-6-8-9-11(7-2)10-12(3,4)5/h6-9H,2,10H2,1,3-5H3/b8-6+,11-9+. The van der Waals surface area contributed by atoms with Crippen LogP contribution in [0.25, 0.3) is 0 Å². The minimum atomic E-state index is -0.965. The molecule has 0 rings (SSSR count). The third kappa shape index (κ3) is 6.17. The van der Waals surface area contributed by atoms with Crippen LogP contribution in [-0.2, 0) is 0 Å². The summed E-state index contributed by atoms with van der Waals surface area (Å²) in [5.41, 5.74) is 1.37. The van der Waals surface area contributed by atoms with Gasteiger partial charge in [-0.3, -0.25) is 0 Å². The maximum Gasteiger partial charge on any atom is 0.0487 e. The van der Waals surface area contributed by atoms with E-state index in [1.807, 2.05) is 19.1 Å². The van der Waals surface area contributed by atoms with E-state index in [4.69, 9.17) is 0 Å². The summed E-state index contributed by atoms with van der Waals surface area (Å²) in [7, 11) is -0.965. The summed E-state index contributed by atoms with van der Waals surface area (Å²) in [6, 6.07) is 1.22. The Kier molecular flexibility index (Phi) is 4.91. The highest BCUT2D eigenvalue weighted by Gasteiger charge is 2.13. The molecule has 0 nitrogen and oxygen atoms in total. The molecule has 0 bridgehead atoms. The van der Waals surface area contributed by atoms with Crippen LogP contribution in [0.15, 0.2) is 36.5 Å². The monoisotopic (exact) mass is 180 g/mol. The van der Waals surface area contributed by atoms with Crippen LogP contribution in [0, 0.1) is 0 Å². The third-order valence-corrected chi connectivity index (χ3v) is 2.97. The van der Waals surface area contributed by atoms with Crippen molar-refractivity contribution in [3.63, 3.8) is 0 Å². The summed E-state index contributed by atoms with van der Waals surface area (Å²) >= 11 is 0. The van der Waals surface area contributed by atoms with Gasteiger partial charge >= 0.3 is 0 Å². The first-order valence-electron chi connectivity index (χ1n) is 4.44. The van der Waals surface area contributed by atoms with Gasteiger partial charge in [0.25, 0.3) is 0 Å². The quantitative estimate of drug-likeness (QED) is 0.453. The van der Waals surface area contributed by atoms with Gasteiger partial charge in [-0.25, -0.2) is 0 Å². The maximum atomic E-state index is 3.82. The van der Waals surface area contributed by atoms with Crippen LogP contribution in [0.4, 0.5) is 0 Å². The molecule has 0 fully saturated rings. The normalized spacial score (nSPS) is 13.8. The van der Waals surface area contributed by atoms with E-state index in [1.54, 1.807) is 0 Å². The Morgan fingerprint density at radius 3 is 2.25 bits per heavy atom. The summed E-state index contributed by atoms with van der Waals surface area (Å²) in [6.45, 7) is 13.0. The minimum absolute atomic E-state index is 0.965. The lowest BCUT2D eigenvalue weighted by molar-refractivity contribution is 1.40. The van der Waals surface area contributed by atoms with Crippen molar-refractivity contribution in [2.75, 3.05) is 0 Å². The second-order valence-electron chi connectivity index (χ2n) is 4.21. The summed E-state index contributed by atoms with van der Waals surface area (Å²) < 4.78 is 0. The summed E-state index contributed by atoms with van der Waals surface area (Å²) in [4.78, 5) is 0. The first kappa shape index (κ1) is 11.4. The van der Waals surface area contributed by atoms with Crippen LogP contribution >= 0.6 is 0 Å². The van der Waals surface area contributed by atoms with Crippen LogP contribution in [0.3, 0.4) is 0 Å². The van der Waals surface area contributed by atoms with Crippen LogP contribution in [0.2, 0.25) is 25.7 Å². The molecule has 0 unspecified atom stereocenters. The molecule has 0 aromatic carbocycles. The summed E-state index contributed by atoms with van der Waals surface area (Å²) in [5, 5.41) is 0. The number of allylic oxidation sites excluding steroid dienone is 5. The fourth-order valence-electron chi connectivity index (χ4n) is 1.03. The van der Waals surface area contributed by atoms with Gasteiger partial charge in [0.05, 0.1) is 0 Å². The topological polar surface area (TPSA) is 0 Å². The molecule has 0 atom stereocenters. The molecule has 0 saturated heterocycles. The second kappa shape index (κ2) is 5.15. The Balaban J connectivity index is 4.28. The van der Waals surface area contributed by atoms with Crippen LogP contribution in [-0.4, -0.2) is 8.07 Å². The van der Waals surface area contributed by atoms with Crippen molar-refractivity contribution >= 4 is 8.07 Å². The number of hydrogen-bond acceptors (Lipinski definition) is 0. The summed E-state index contributed by atoms with van der Waals surface area (Å²) in [6.07, 6.45) is 8.26. The van der Waals surface area contributed by atoms with Gasteiger partial charge in [-0.1, -0.05) is 56.1 Å². The highest BCUT2D eigenvalue weighted by Crippen LogP contribution is 2.16. The third-order valence-electron chi connectivity index (χ3n) is 1.50. The molecule has 68 valence electrons. The Bertz CT molecular complexity index is 192. The van der Waals surface area contributed by atoms with Crippen LogP contribution in [0.5, 0.6) is 0 Å². The molecule has 0 saturated carbocycles. The van der Waals surface area contributed by atoms with E-state index in [-0.39, 0.29) is 0 Å². The summed E-state index contributed by atoms with van der Waals surface area (Å²) in [5.74, 6) is 0. The zero-order valence-electron chi connectivity index (χ0n) is 8.72. The molecule has 0 aliphatic carbocycles. The van der Waals surface area contributed by atoms with Crippen molar-refractivity contribution < 1.29 is 0 Å². The van der Waals surface area contributed by atoms with Gasteiger partial charge in [0, 0.05) is 8.07 Å². The average Bonchev–Trinajstić information content (AvgIpc) is 1.95. The Morgan fingerprint density at radius 1 is 1.33 bits per heavy atom. The van der Waals surface area contributed by atoms with E-state index in [1.165, 1.54) is 11.6 Å². The van der Waals surface area contributed by atoms with Crippen molar-refractivity contribution in [2.24, 2.45) is 0 Å². The molecule has 0 heterocycles. The molecular weight excluding hydrogens is 160 g/mol. The predicted molar refractivity (Wildman–Crippen MR) is 61.2 cm³/mol. The Morgan fingerprint density at radius 2 is 1.92 bits per heavy atom. The van der Waals surface area contributed by atoms with Gasteiger partial charge in [0.15, 0.2) is 0 Å². The molecule has 0 N–H and O–H groups in total. The molecule has 0 aromatic rings. The van der Waals surface area contributed by atoms with Crippen molar-refractivity contribution in [1.82, 2.24) is 0 Å². The molecule has 0 aliphatic rings. The zero-order valence-corrected chi connectivity index (χ0v) is 9.72. The first-order chi connectivity index (χ1) is 5.49. The number of hydrogen-bond donors (Lipinski definition) is 0. The minimum Gasteiger partial charge on any atom is -0.0988 e. The molecule has 1 heteroatoms. The van der Waals surface area contributed by atoms with Gasteiger partial charge in [-0.05, 0) is 13.0 Å². The Hall–Kier alpha value is -0.563. The van der Waals surface area contributed by atoms with Crippen molar-refractivity contribution in [2.45, 2.75) is 32.6 Å². The van der Waals surface area contributed by atoms with Gasteiger partial charge < -0.3 is 0 Å². The van der Waals surface area contributed by atoms with E-state index in [0.29, 0.717) is 0 Å². The van der Waals surface area contributed by atoms with E-state index >= 15 is 0 Å². The van der Waals surface area contributed by atoms with Gasteiger partial charge in [0.1, 0.15) is 0 Å². The van der Waals surface area contributed by atoms with E-state index in [9.17, 15) is 0 Å². The SMILES string of the molecule is C=C/C(=C\C=C\C)C[Si](C)(C)C. The Labute approximate surface area is 77.7 Å². The molecule has 0 amide bonds. The smallest absolute Gasteiger partial charge is 0.0487 e. The van der Waals surface area contributed by atoms with E-state index in [2.05, 4.69) is 38.4 Å². The molecule has 12 heavy (non-hydrogen) atoms. The lowest BCUT2D eigenvalue weighted by Crippen LogP contribution is -2.19. The van der Waals surface area contributed by atoms with Gasteiger partial charge in [-0.15, -0.1) is 0 Å². The van der Waals surface area contributed by atoms with Crippen LogP contribution < -0.4 is 0 Å². The first-order valence-corrected chi connectivity index (χ1v) is 8.14. The van der Waals surface area contributed by atoms with Crippen LogP contribution in [0.1, 0.15) is 6.92 Å². The number of rotatable bonds is 4. The highest BCUT2D eigenvalue weighted by molar-refractivity contribution is 6.76. The van der Waals surface area contributed by atoms with Gasteiger partial charge in [-0.2, -0.15) is 0 Å². The maximum absolute atomic E-state index is 3.82. The van der Waals surface area contributed by atoms with Crippen molar-refractivity contribution in [1.29, 1.82) is 0 Å². The second-order valence-corrected chi connectivity index (χ2v) is 9.68. The van der Waals surface area contributed by atoms with Gasteiger partial charge in [0.2, 0.25) is 0 Å². The molecule has 0 spiro atoms. The highest BCUT2D eigenvalue weighted by atomic mass is 28.3. The lowest BCUT2D eigenvalue weighted by atomic mass is 10.3. The fourth-order valence-corrected chi connectivity index (χ4v) is 2.52. The zero-order chi connectivity index (χ0) is 9.61. The largest absolute Gasteiger partial charge is 0.0988 e. The molecular formula is C11H20Si.